The van der Waals surface area contributed by atoms with Gasteiger partial charge < -0.3 is 20.3 Å². The Labute approximate surface area is 307 Å². The lowest BCUT2D eigenvalue weighted by atomic mass is 9.87. The lowest BCUT2D eigenvalue weighted by molar-refractivity contribution is -0.128. The molecule has 2 amide bonds. The minimum atomic E-state index is -1.03. The number of fused-ring (bicyclic) bond motifs is 1. The molecule has 50 heavy (non-hydrogen) atoms. The standard InChI is InChI=1S/C41H59N3O3S.C2H6/c1-4-6-22-41(3,43-39(45)38-28-35-18-17-31(5-2)27-37(35)48-38)40(46)42-36(26-33-13-9-7-10-14-33)30-47-25-21-32-19-23-44(24-20-32)29-34-15-11-8-12-16-34;1-2/h7,9-10,13-14,17-18,27-28,32,34,36H,4-6,8,11-12,15-16,19-26,29-30H2,1-3H3,(H,42,46)(H,43,45);1-2H3/t36-,41?;/m1./s1. The Kier molecular flexibility index (Phi) is 16.8. The first kappa shape index (κ1) is 40.0. The van der Waals surface area contributed by atoms with Crippen LogP contribution >= 0.6 is 11.3 Å². The van der Waals surface area contributed by atoms with Gasteiger partial charge in [-0.15, -0.1) is 11.3 Å². The number of ether oxygens (including phenoxy) is 1. The molecule has 276 valence electrons. The first-order chi connectivity index (χ1) is 24.3. The third-order valence-corrected chi connectivity index (χ3v) is 11.8. The highest BCUT2D eigenvalue weighted by Gasteiger charge is 2.36. The molecule has 1 unspecified atom stereocenters. The van der Waals surface area contributed by atoms with E-state index in [1.807, 2.05) is 45.0 Å². The fourth-order valence-electron chi connectivity index (χ4n) is 7.55. The van der Waals surface area contributed by atoms with Crippen molar-refractivity contribution in [1.29, 1.82) is 0 Å². The summed E-state index contributed by atoms with van der Waals surface area (Å²) in [4.78, 5) is 31.0. The summed E-state index contributed by atoms with van der Waals surface area (Å²) < 4.78 is 7.40. The molecule has 0 spiro atoms. The lowest BCUT2D eigenvalue weighted by Gasteiger charge is -2.35. The number of piperidine rings is 1. The van der Waals surface area contributed by atoms with E-state index < -0.39 is 5.54 Å². The van der Waals surface area contributed by atoms with Crippen molar-refractivity contribution in [2.45, 2.75) is 130 Å². The van der Waals surface area contributed by atoms with Crippen LogP contribution in [0.1, 0.15) is 126 Å². The Bertz CT molecular complexity index is 1430. The number of amides is 2. The topological polar surface area (TPSA) is 70.7 Å². The number of benzene rings is 2. The van der Waals surface area contributed by atoms with Crippen LogP contribution in [0.25, 0.3) is 10.1 Å². The van der Waals surface area contributed by atoms with Gasteiger partial charge in [0.2, 0.25) is 5.91 Å². The van der Waals surface area contributed by atoms with E-state index >= 15 is 0 Å². The molecule has 1 aliphatic carbocycles. The molecule has 2 heterocycles. The summed E-state index contributed by atoms with van der Waals surface area (Å²) in [5, 5.41) is 7.53. The van der Waals surface area contributed by atoms with Crippen LogP contribution in [0.5, 0.6) is 0 Å². The predicted octanol–water partition coefficient (Wildman–Crippen LogP) is 9.60. The smallest absolute Gasteiger partial charge is 0.262 e. The molecule has 6 nitrogen and oxygen atoms in total. The average molecular weight is 704 g/mol. The van der Waals surface area contributed by atoms with Crippen molar-refractivity contribution >= 4 is 33.2 Å². The molecule has 2 N–H and O–H groups in total. The molecular formula is C43H65N3O3S. The molecule has 5 rings (SSSR count). The Morgan fingerprint density at radius 1 is 0.940 bits per heavy atom. The molecule has 7 heteroatoms. The van der Waals surface area contributed by atoms with Crippen LogP contribution in [0, 0.1) is 11.8 Å². The third kappa shape index (κ3) is 12.2. The average Bonchev–Trinajstić information content (AvgIpc) is 3.59. The third-order valence-electron chi connectivity index (χ3n) is 10.7. The van der Waals surface area contributed by atoms with Crippen molar-refractivity contribution in [2.24, 2.45) is 11.8 Å². The number of carbonyl (C=O) groups is 2. The maximum atomic E-state index is 14.1. The maximum absolute atomic E-state index is 14.1. The highest BCUT2D eigenvalue weighted by molar-refractivity contribution is 7.20. The number of thiophene rings is 1. The molecular weight excluding hydrogens is 639 g/mol. The number of unbranched alkanes of at least 4 members (excludes halogenated alkanes) is 1. The number of aryl methyl sites for hydroxylation is 1. The Morgan fingerprint density at radius 2 is 1.68 bits per heavy atom. The maximum Gasteiger partial charge on any atom is 0.262 e. The van der Waals surface area contributed by atoms with Crippen LogP contribution in [0.2, 0.25) is 0 Å². The Morgan fingerprint density at radius 3 is 2.38 bits per heavy atom. The lowest BCUT2D eigenvalue weighted by Crippen LogP contribution is -2.59. The molecule has 0 radical (unpaired) electrons. The van der Waals surface area contributed by atoms with Gasteiger partial charge in [0.05, 0.1) is 17.5 Å². The van der Waals surface area contributed by atoms with Gasteiger partial charge >= 0.3 is 0 Å². The molecule has 2 aromatic carbocycles. The highest BCUT2D eigenvalue weighted by atomic mass is 32.1. The largest absolute Gasteiger partial charge is 0.379 e. The van der Waals surface area contributed by atoms with Gasteiger partial charge in [-0.25, -0.2) is 0 Å². The fourth-order valence-corrected chi connectivity index (χ4v) is 8.57. The van der Waals surface area contributed by atoms with Gasteiger partial charge in [-0.3, -0.25) is 9.59 Å². The van der Waals surface area contributed by atoms with E-state index in [2.05, 4.69) is 59.7 Å². The van der Waals surface area contributed by atoms with E-state index in [1.54, 1.807) is 0 Å². The SMILES string of the molecule is CC.CCCCC(C)(NC(=O)c1cc2ccc(CC)cc2s1)C(=O)N[C@@H](COCCC1CCN(CC2CCCCC2)CC1)Cc1ccccc1. The van der Waals surface area contributed by atoms with E-state index in [0.717, 1.165) is 47.3 Å². The van der Waals surface area contributed by atoms with Crippen LogP contribution in [0.4, 0.5) is 0 Å². The van der Waals surface area contributed by atoms with E-state index in [1.165, 1.54) is 81.5 Å². The Balaban J connectivity index is 0.00000276. The molecule has 1 saturated carbocycles. The van der Waals surface area contributed by atoms with Crippen LogP contribution in [-0.2, 0) is 22.4 Å². The zero-order valence-corrected chi connectivity index (χ0v) is 32.6. The van der Waals surface area contributed by atoms with Gasteiger partial charge in [-0.05, 0) is 112 Å². The van der Waals surface area contributed by atoms with Crippen LogP contribution in [0.3, 0.4) is 0 Å². The van der Waals surface area contributed by atoms with Crippen LogP contribution in [0.15, 0.2) is 54.6 Å². The van der Waals surface area contributed by atoms with Gasteiger partial charge in [0, 0.05) is 17.9 Å². The predicted molar refractivity (Wildman–Crippen MR) is 211 cm³/mol. The summed E-state index contributed by atoms with van der Waals surface area (Å²) in [5.41, 5.74) is 1.39. The van der Waals surface area contributed by atoms with E-state index in [9.17, 15) is 9.59 Å². The summed E-state index contributed by atoms with van der Waals surface area (Å²) in [7, 11) is 0. The van der Waals surface area contributed by atoms with Crippen LogP contribution in [-0.4, -0.2) is 61.1 Å². The van der Waals surface area contributed by atoms with Crippen molar-refractivity contribution in [3.05, 3.63) is 70.6 Å². The zero-order valence-electron chi connectivity index (χ0n) is 31.7. The number of carbonyl (C=O) groups excluding carboxylic acids is 2. The molecule has 2 atom stereocenters. The summed E-state index contributed by atoms with van der Waals surface area (Å²) in [5.74, 6) is 1.29. The quantitative estimate of drug-likeness (QED) is 0.137. The normalized spacial score (nSPS) is 17.8. The van der Waals surface area contributed by atoms with Gasteiger partial charge in [0.25, 0.3) is 5.91 Å². The summed E-state index contributed by atoms with van der Waals surface area (Å²) >= 11 is 1.49. The number of rotatable bonds is 17. The number of nitrogens with zero attached hydrogens (tertiary/aromatic N) is 1. The first-order valence-corrected chi connectivity index (χ1v) is 20.7. The van der Waals surface area contributed by atoms with Gasteiger partial charge in [-0.2, -0.15) is 0 Å². The summed E-state index contributed by atoms with van der Waals surface area (Å²) in [6, 6.07) is 18.4. The second-order valence-electron chi connectivity index (χ2n) is 14.7. The highest BCUT2D eigenvalue weighted by Crippen LogP contribution is 2.29. The zero-order chi connectivity index (χ0) is 35.8. The van der Waals surface area contributed by atoms with Crippen LogP contribution < -0.4 is 10.6 Å². The van der Waals surface area contributed by atoms with Crippen molar-refractivity contribution < 1.29 is 14.3 Å². The summed E-state index contributed by atoms with van der Waals surface area (Å²) in [6.45, 7) is 15.0. The van der Waals surface area contributed by atoms with E-state index in [-0.39, 0.29) is 17.9 Å². The van der Waals surface area contributed by atoms with Crippen molar-refractivity contribution in [2.75, 3.05) is 32.8 Å². The second-order valence-corrected chi connectivity index (χ2v) is 15.8. The monoisotopic (exact) mass is 703 g/mol. The molecule has 1 aromatic heterocycles. The van der Waals surface area contributed by atoms with Crippen molar-refractivity contribution in [3.63, 3.8) is 0 Å². The number of likely N-dealkylation sites (tertiary alicyclic amines) is 1. The van der Waals surface area contributed by atoms with E-state index in [0.29, 0.717) is 36.9 Å². The molecule has 3 aromatic rings. The fraction of sp³-hybridized carbons (Fsp3) is 0.628. The van der Waals surface area contributed by atoms with E-state index in [4.69, 9.17) is 4.74 Å². The second kappa shape index (κ2) is 20.9. The van der Waals surface area contributed by atoms with Crippen molar-refractivity contribution in [3.8, 4) is 0 Å². The minimum absolute atomic E-state index is 0.145. The molecule has 2 aliphatic rings. The van der Waals surface area contributed by atoms with Crippen molar-refractivity contribution in [1.82, 2.24) is 15.5 Å². The Hall–Kier alpha value is -2.74. The molecule has 0 bridgehead atoms. The minimum Gasteiger partial charge on any atom is -0.379 e. The van der Waals surface area contributed by atoms with Gasteiger partial charge in [-0.1, -0.05) is 102 Å². The molecule has 1 saturated heterocycles. The molecule has 2 fully saturated rings. The first-order valence-electron chi connectivity index (χ1n) is 19.8. The summed E-state index contributed by atoms with van der Waals surface area (Å²) in [6.07, 6.45) is 14.7. The molecule has 1 aliphatic heterocycles. The van der Waals surface area contributed by atoms with Gasteiger partial charge in [0.1, 0.15) is 5.54 Å². The number of hydrogen-bond acceptors (Lipinski definition) is 5. The number of nitrogens with one attached hydrogen (secondary N) is 2. The number of hydrogen-bond donors (Lipinski definition) is 2. The van der Waals surface area contributed by atoms with Gasteiger partial charge in [0.15, 0.2) is 0 Å².